The van der Waals surface area contributed by atoms with E-state index in [0.29, 0.717) is 13.1 Å². The van der Waals surface area contributed by atoms with Gasteiger partial charge in [-0.3, -0.25) is 9.69 Å². The van der Waals surface area contributed by atoms with E-state index < -0.39 is 11.6 Å². The number of likely N-dealkylation sites (tertiary alicyclic amines) is 1. The first-order valence-electron chi connectivity index (χ1n) is 8.00. The minimum absolute atomic E-state index is 0.000351. The molecule has 1 N–H and O–H groups in total. The van der Waals surface area contributed by atoms with Crippen LogP contribution in [0.1, 0.15) is 18.5 Å². The highest BCUT2D eigenvalue weighted by molar-refractivity contribution is 5.78. The van der Waals surface area contributed by atoms with Crippen LogP contribution in [0.25, 0.3) is 5.69 Å². The third-order valence-corrected chi connectivity index (χ3v) is 4.31. The fourth-order valence-corrected chi connectivity index (χ4v) is 3.09. The van der Waals surface area contributed by atoms with Crippen molar-refractivity contribution in [3.8, 4) is 5.69 Å². The molecule has 7 heteroatoms. The van der Waals surface area contributed by atoms with Crippen LogP contribution >= 0.6 is 0 Å². The van der Waals surface area contributed by atoms with Crippen LogP contribution in [0.3, 0.4) is 0 Å². The summed E-state index contributed by atoms with van der Waals surface area (Å²) in [6.07, 6.45) is 3.52. The predicted octanol–water partition coefficient (Wildman–Crippen LogP) is 2.11. The average Bonchev–Trinajstić information content (AvgIpc) is 3.02. The summed E-state index contributed by atoms with van der Waals surface area (Å²) in [6.45, 7) is 2.20. The van der Waals surface area contributed by atoms with Crippen molar-refractivity contribution in [2.75, 3.05) is 20.1 Å². The minimum atomic E-state index is -0.651. The predicted molar refractivity (Wildman–Crippen MR) is 85.5 cm³/mol. The quantitative estimate of drug-likeness (QED) is 0.932. The first kappa shape index (κ1) is 16.6. The molecule has 1 amide bonds. The zero-order valence-electron chi connectivity index (χ0n) is 13.5. The number of hydrogen-bond acceptors (Lipinski definition) is 3. The normalized spacial score (nSPS) is 18.5. The Hall–Kier alpha value is -2.28. The van der Waals surface area contributed by atoms with Crippen LogP contribution in [0.2, 0.25) is 0 Å². The summed E-state index contributed by atoms with van der Waals surface area (Å²) in [4.78, 5) is 14.0. The highest BCUT2D eigenvalue weighted by Gasteiger charge is 2.25. The number of hydrogen-bond donors (Lipinski definition) is 1. The lowest BCUT2D eigenvalue weighted by Gasteiger charge is -2.31. The number of benzene rings is 1. The van der Waals surface area contributed by atoms with E-state index in [4.69, 9.17) is 0 Å². The Morgan fingerprint density at radius 2 is 2.21 bits per heavy atom. The van der Waals surface area contributed by atoms with Gasteiger partial charge in [0.15, 0.2) is 5.82 Å². The number of nitrogens with one attached hydrogen (secondary N) is 1. The highest BCUT2D eigenvalue weighted by atomic mass is 19.1. The Kier molecular flexibility index (Phi) is 4.89. The van der Waals surface area contributed by atoms with Crippen LogP contribution in [0, 0.1) is 17.6 Å². The van der Waals surface area contributed by atoms with Crippen molar-refractivity contribution in [1.29, 1.82) is 0 Å². The standard InChI is InChI=1S/C17H20F2N4O/c1-20-17(24)12-3-2-7-22(10-12)11-14-6-8-23(21-14)16-5-4-13(18)9-15(16)19/h4-6,8-9,12H,2-3,7,10-11H2,1H3,(H,20,24)/t12-/m1/s1. The molecule has 1 aromatic carbocycles. The molecule has 1 atom stereocenters. The number of aromatic nitrogens is 2. The lowest BCUT2D eigenvalue weighted by molar-refractivity contribution is -0.126. The summed E-state index contributed by atoms with van der Waals surface area (Å²) in [5.41, 5.74) is 1.00. The minimum Gasteiger partial charge on any atom is -0.359 e. The number of piperidine rings is 1. The van der Waals surface area contributed by atoms with E-state index in [-0.39, 0.29) is 17.5 Å². The van der Waals surface area contributed by atoms with Gasteiger partial charge in [0.05, 0.1) is 11.6 Å². The Balaban J connectivity index is 1.69. The number of nitrogens with zero attached hydrogens (tertiary/aromatic N) is 3. The summed E-state index contributed by atoms with van der Waals surface area (Å²) in [7, 11) is 1.65. The van der Waals surface area contributed by atoms with Gasteiger partial charge in [0.1, 0.15) is 11.5 Å². The first-order valence-corrected chi connectivity index (χ1v) is 8.00. The molecular weight excluding hydrogens is 314 g/mol. The summed E-state index contributed by atoms with van der Waals surface area (Å²) in [5, 5.41) is 7.06. The van der Waals surface area contributed by atoms with E-state index in [1.54, 1.807) is 13.2 Å². The first-order chi connectivity index (χ1) is 11.6. The maximum atomic E-state index is 13.8. The van der Waals surface area contributed by atoms with Crippen molar-refractivity contribution < 1.29 is 13.6 Å². The zero-order valence-corrected chi connectivity index (χ0v) is 13.5. The molecule has 0 spiro atoms. The van der Waals surface area contributed by atoms with Gasteiger partial charge in [-0.05, 0) is 37.6 Å². The van der Waals surface area contributed by atoms with E-state index in [1.807, 2.05) is 6.07 Å². The molecule has 128 valence electrons. The van der Waals surface area contributed by atoms with Gasteiger partial charge in [-0.15, -0.1) is 0 Å². The molecule has 2 aromatic rings. The topological polar surface area (TPSA) is 50.2 Å². The largest absolute Gasteiger partial charge is 0.359 e. The third-order valence-electron chi connectivity index (χ3n) is 4.31. The lowest BCUT2D eigenvalue weighted by Crippen LogP contribution is -2.41. The van der Waals surface area contributed by atoms with E-state index in [1.165, 1.54) is 16.8 Å². The number of carbonyl (C=O) groups excluding carboxylic acids is 1. The Bertz CT molecular complexity index is 731. The third kappa shape index (κ3) is 3.62. The van der Waals surface area contributed by atoms with E-state index in [9.17, 15) is 13.6 Å². The maximum Gasteiger partial charge on any atom is 0.224 e. The molecule has 5 nitrogen and oxygen atoms in total. The number of halogens is 2. The summed E-state index contributed by atoms with van der Waals surface area (Å²) >= 11 is 0. The molecule has 0 saturated carbocycles. The molecule has 0 bridgehead atoms. The van der Waals surface area contributed by atoms with Crippen molar-refractivity contribution in [3.05, 3.63) is 47.8 Å². The monoisotopic (exact) mass is 334 g/mol. The second-order valence-corrected chi connectivity index (χ2v) is 6.04. The van der Waals surface area contributed by atoms with Gasteiger partial charge >= 0.3 is 0 Å². The summed E-state index contributed by atoms with van der Waals surface area (Å²) in [6, 6.07) is 5.23. The summed E-state index contributed by atoms with van der Waals surface area (Å²) < 4.78 is 28.2. The molecule has 0 radical (unpaired) electrons. The summed E-state index contributed by atoms with van der Waals surface area (Å²) in [5.74, 6) is -1.20. The second kappa shape index (κ2) is 7.09. The smallest absolute Gasteiger partial charge is 0.224 e. The van der Waals surface area contributed by atoms with Crippen LogP contribution < -0.4 is 5.32 Å². The fourth-order valence-electron chi connectivity index (χ4n) is 3.09. The Labute approximate surface area is 139 Å². The van der Waals surface area contributed by atoms with Crippen molar-refractivity contribution in [2.24, 2.45) is 5.92 Å². The molecule has 1 aliphatic heterocycles. The molecular formula is C17H20F2N4O. The van der Waals surface area contributed by atoms with Crippen molar-refractivity contribution in [3.63, 3.8) is 0 Å². The molecule has 0 aliphatic carbocycles. The molecule has 2 heterocycles. The average molecular weight is 334 g/mol. The van der Waals surface area contributed by atoms with E-state index in [2.05, 4.69) is 15.3 Å². The van der Waals surface area contributed by atoms with Crippen molar-refractivity contribution in [2.45, 2.75) is 19.4 Å². The number of amides is 1. The maximum absolute atomic E-state index is 13.8. The van der Waals surface area contributed by atoms with Crippen LogP contribution in [0.4, 0.5) is 8.78 Å². The van der Waals surface area contributed by atoms with Gasteiger partial charge in [-0.2, -0.15) is 5.10 Å². The van der Waals surface area contributed by atoms with E-state index >= 15 is 0 Å². The van der Waals surface area contributed by atoms with Gasteiger partial charge < -0.3 is 5.32 Å². The van der Waals surface area contributed by atoms with Crippen molar-refractivity contribution >= 4 is 5.91 Å². The van der Waals surface area contributed by atoms with Crippen molar-refractivity contribution in [1.82, 2.24) is 20.0 Å². The van der Waals surface area contributed by atoms with Crippen LogP contribution in [-0.2, 0) is 11.3 Å². The van der Waals surface area contributed by atoms with Crippen LogP contribution in [0.5, 0.6) is 0 Å². The van der Waals surface area contributed by atoms with Crippen LogP contribution in [-0.4, -0.2) is 40.7 Å². The fraction of sp³-hybridized carbons (Fsp3) is 0.412. The van der Waals surface area contributed by atoms with Gasteiger partial charge in [0.2, 0.25) is 5.91 Å². The molecule has 0 unspecified atom stereocenters. The highest BCUT2D eigenvalue weighted by Crippen LogP contribution is 2.19. The molecule has 3 rings (SSSR count). The van der Waals surface area contributed by atoms with Gasteiger partial charge in [-0.1, -0.05) is 0 Å². The van der Waals surface area contributed by atoms with Gasteiger partial charge in [0.25, 0.3) is 0 Å². The Morgan fingerprint density at radius 3 is 2.96 bits per heavy atom. The van der Waals surface area contributed by atoms with Crippen LogP contribution in [0.15, 0.2) is 30.5 Å². The molecule has 24 heavy (non-hydrogen) atoms. The lowest BCUT2D eigenvalue weighted by atomic mass is 9.97. The van der Waals surface area contributed by atoms with E-state index in [0.717, 1.165) is 31.1 Å². The van der Waals surface area contributed by atoms with Gasteiger partial charge in [0, 0.05) is 32.4 Å². The number of carbonyl (C=O) groups is 1. The molecule has 1 aliphatic rings. The molecule has 1 saturated heterocycles. The Morgan fingerprint density at radius 1 is 1.38 bits per heavy atom. The number of rotatable bonds is 4. The SMILES string of the molecule is CNC(=O)[C@@H]1CCCN(Cc2ccn(-c3ccc(F)cc3F)n2)C1. The van der Waals surface area contributed by atoms with Gasteiger partial charge in [-0.25, -0.2) is 13.5 Å². The molecule has 1 fully saturated rings. The zero-order chi connectivity index (χ0) is 17.1. The second-order valence-electron chi connectivity index (χ2n) is 6.04. The molecule has 1 aromatic heterocycles.